The summed E-state index contributed by atoms with van der Waals surface area (Å²) in [7, 11) is -3.24. The van der Waals surface area contributed by atoms with Crippen molar-refractivity contribution < 1.29 is 8.42 Å². The van der Waals surface area contributed by atoms with Crippen LogP contribution in [0.25, 0.3) is 0 Å². The van der Waals surface area contributed by atoms with Gasteiger partial charge in [-0.05, 0) is 6.92 Å². The number of rotatable bonds is 1. The third kappa shape index (κ3) is 1.32. The standard InChI is InChI=1S/C4H7N3O2S/c1-4-3-7(6-5-4)10(2,8)9/h3H,1-2H3. The molecule has 6 heteroatoms. The second kappa shape index (κ2) is 2.05. The Balaban J connectivity index is 3.21. The van der Waals surface area contributed by atoms with E-state index in [1.165, 1.54) is 6.20 Å². The zero-order valence-electron chi connectivity index (χ0n) is 5.64. The van der Waals surface area contributed by atoms with Gasteiger partial charge in [-0.25, -0.2) is 8.42 Å². The second-order valence-corrected chi connectivity index (χ2v) is 3.84. The number of nitrogens with zero attached hydrogens (tertiary/aromatic N) is 3. The van der Waals surface area contributed by atoms with Gasteiger partial charge in [0.25, 0.3) is 10.0 Å². The molecular weight excluding hydrogens is 154 g/mol. The van der Waals surface area contributed by atoms with Crippen LogP contribution in [-0.4, -0.2) is 29.1 Å². The summed E-state index contributed by atoms with van der Waals surface area (Å²) in [5.41, 5.74) is 0.588. The molecule has 56 valence electrons. The van der Waals surface area contributed by atoms with Crippen molar-refractivity contribution >= 4 is 10.0 Å². The van der Waals surface area contributed by atoms with E-state index in [0.29, 0.717) is 5.69 Å². The Morgan fingerprint density at radius 3 is 2.40 bits per heavy atom. The molecule has 1 aromatic heterocycles. The van der Waals surface area contributed by atoms with Crippen molar-refractivity contribution in [1.29, 1.82) is 0 Å². The van der Waals surface area contributed by atoms with Crippen molar-refractivity contribution in [3.63, 3.8) is 0 Å². The molecule has 0 saturated carbocycles. The maximum Gasteiger partial charge on any atom is 0.252 e. The van der Waals surface area contributed by atoms with Crippen molar-refractivity contribution in [2.24, 2.45) is 0 Å². The van der Waals surface area contributed by atoms with Crippen LogP contribution in [0.3, 0.4) is 0 Å². The Morgan fingerprint density at radius 2 is 2.20 bits per heavy atom. The van der Waals surface area contributed by atoms with Crippen molar-refractivity contribution in [3.8, 4) is 0 Å². The molecule has 0 radical (unpaired) electrons. The number of aromatic nitrogens is 3. The molecule has 0 unspecified atom stereocenters. The molecule has 10 heavy (non-hydrogen) atoms. The van der Waals surface area contributed by atoms with E-state index in [4.69, 9.17) is 0 Å². The summed E-state index contributed by atoms with van der Waals surface area (Å²) in [6.45, 7) is 1.68. The molecule has 0 aromatic carbocycles. The van der Waals surface area contributed by atoms with Crippen LogP contribution in [0, 0.1) is 6.92 Å². The first-order chi connectivity index (χ1) is 4.50. The molecule has 1 rings (SSSR count). The van der Waals surface area contributed by atoms with Gasteiger partial charge in [-0.3, -0.25) is 0 Å². The van der Waals surface area contributed by atoms with E-state index in [2.05, 4.69) is 10.3 Å². The molecule has 0 N–H and O–H groups in total. The lowest BCUT2D eigenvalue weighted by molar-refractivity contribution is 0.583. The Morgan fingerprint density at radius 1 is 1.60 bits per heavy atom. The quantitative estimate of drug-likeness (QED) is 0.551. The Kier molecular flexibility index (Phi) is 1.47. The van der Waals surface area contributed by atoms with Crippen LogP contribution < -0.4 is 0 Å². The van der Waals surface area contributed by atoms with Crippen LogP contribution in [0.1, 0.15) is 5.69 Å². The molecule has 0 spiro atoms. The minimum Gasteiger partial charge on any atom is -0.205 e. The molecule has 0 bridgehead atoms. The van der Waals surface area contributed by atoms with Gasteiger partial charge >= 0.3 is 0 Å². The van der Waals surface area contributed by atoms with Gasteiger partial charge in [0.05, 0.1) is 18.1 Å². The summed E-state index contributed by atoms with van der Waals surface area (Å²) < 4.78 is 22.2. The first-order valence-electron chi connectivity index (χ1n) is 2.59. The van der Waals surface area contributed by atoms with Gasteiger partial charge in [0, 0.05) is 0 Å². The summed E-state index contributed by atoms with van der Waals surface area (Å²) in [4.78, 5) is 0. The fraction of sp³-hybridized carbons (Fsp3) is 0.500. The van der Waals surface area contributed by atoms with Gasteiger partial charge < -0.3 is 0 Å². The summed E-state index contributed by atoms with van der Waals surface area (Å²) in [5, 5.41) is 6.88. The maximum atomic E-state index is 10.7. The van der Waals surface area contributed by atoms with E-state index in [0.717, 1.165) is 10.3 Å². The highest BCUT2D eigenvalue weighted by molar-refractivity contribution is 7.89. The average Bonchev–Trinajstić information content (AvgIpc) is 2.11. The van der Waals surface area contributed by atoms with E-state index in [9.17, 15) is 8.42 Å². The van der Waals surface area contributed by atoms with Crippen LogP contribution in [0.15, 0.2) is 6.20 Å². The predicted octanol–water partition coefficient (Wildman–Crippen LogP) is -0.606. The number of hydrogen-bond donors (Lipinski definition) is 0. The lowest BCUT2D eigenvalue weighted by Gasteiger charge is -1.90. The number of aryl methyl sites for hydroxylation is 1. The van der Waals surface area contributed by atoms with Crippen molar-refractivity contribution in [2.45, 2.75) is 6.92 Å². The maximum absolute atomic E-state index is 10.7. The highest BCUT2D eigenvalue weighted by Gasteiger charge is 2.05. The fourth-order valence-electron chi connectivity index (χ4n) is 0.488. The van der Waals surface area contributed by atoms with Crippen LogP contribution in [-0.2, 0) is 10.0 Å². The first-order valence-corrected chi connectivity index (χ1v) is 4.44. The van der Waals surface area contributed by atoms with Gasteiger partial charge in [0.1, 0.15) is 0 Å². The smallest absolute Gasteiger partial charge is 0.205 e. The summed E-state index contributed by atoms with van der Waals surface area (Å²) in [6.07, 6.45) is 2.43. The summed E-state index contributed by atoms with van der Waals surface area (Å²) in [6, 6.07) is 0. The van der Waals surface area contributed by atoms with Crippen LogP contribution in [0.5, 0.6) is 0 Å². The Bertz CT molecular complexity index is 326. The lowest BCUT2D eigenvalue weighted by Crippen LogP contribution is -2.10. The molecule has 0 fully saturated rings. The van der Waals surface area contributed by atoms with Gasteiger partial charge in [-0.2, -0.15) is 0 Å². The number of hydrogen-bond acceptors (Lipinski definition) is 4. The summed E-state index contributed by atoms with van der Waals surface area (Å²) in [5.74, 6) is 0. The monoisotopic (exact) mass is 161 g/mol. The van der Waals surface area contributed by atoms with Crippen molar-refractivity contribution in [3.05, 3.63) is 11.9 Å². The van der Waals surface area contributed by atoms with Crippen LogP contribution >= 0.6 is 0 Å². The second-order valence-electron chi connectivity index (χ2n) is 2.00. The minimum atomic E-state index is -3.24. The third-order valence-electron chi connectivity index (χ3n) is 0.928. The van der Waals surface area contributed by atoms with E-state index >= 15 is 0 Å². The van der Waals surface area contributed by atoms with Gasteiger partial charge in [0.2, 0.25) is 0 Å². The lowest BCUT2D eigenvalue weighted by atomic mass is 10.6. The van der Waals surface area contributed by atoms with Gasteiger partial charge in [-0.15, -0.1) is 9.19 Å². The Hall–Kier alpha value is -0.910. The minimum absolute atomic E-state index is 0.588. The molecule has 0 aliphatic rings. The first kappa shape index (κ1) is 7.20. The van der Waals surface area contributed by atoms with E-state index < -0.39 is 10.0 Å². The molecule has 0 atom stereocenters. The molecule has 5 nitrogen and oxygen atoms in total. The average molecular weight is 161 g/mol. The Labute approximate surface area is 58.7 Å². The molecular formula is C4H7N3O2S. The molecule has 1 aromatic rings. The van der Waals surface area contributed by atoms with E-state index in [1.807, 2.05) is 0 Å². The third-order valence-corrected chi connectivity index (χ3v) is 1.79. The fourth-order valence-corrected chi connectivity index (χ4v) is 1.00. The zero-order valence-corrected chi connectivity index (χ0v) is 6.46. The van der Waals surface area contributed by atoms with E-state index in [-0.39, 0.29) is 0 Å². The van der Waals surface area contributed by atoms with Gasteiger partial charge in [-0.1, -0.05) is 5.21 Å². The predicted molar refractivity (Wildman–Crippen MR) is 35.0 cm³/mol. The normalized spacial score (nSPS) is 11.8. The van der Waals surface area contributed by atoms with Gasteiger partial charge in [0.15, 0.2) is 0 Å². The molecule has 1 heterocycles. The SMILES string of the molecule is Cc1cn(S(C)(=O)=O)nn1. The topological polar surface area (TPSA) is 64.8 Å². The molecule has 0 aliphatic carbocycles. The van der Waals surface area contributed by atoms with Crippen LogP contribution in [0.4, 0.5) is 0 Å². The van der Waals surface area contributed by atoms with Crippen molar-refractivity contribution in [2.75, 3.05) is 6.26 Å². The molecule has 0 aliphatic heterocycles. The largest absolute Gasteiger partial charge is 0.252 e. The zero-order chi connectivity index (χ0) is 7.78. The van der Waals surface area contributed by atoms with Crippen molar-refractivity contribution in [1.82, 2.24) is 14.4 Å². The van der Waals surface area contributed by atoms with Crippen LogP contribution in [0.2, 0.25) is 0 Å². The highest BCUT2D eigenvalue weighted by Crippen LogP contribution is 1.92. The summed E-state index contributed by atoms with van der Waals surface area (Å²) >= 11 is 0. The highest BCUT2D eigenvalue weighted by atomic mass is 32.2. The molecule has 0 saturated heterocycles. The van der Waals surface area contributed by atoms with E-state index in [1.54, 1.807) is 6.92 Å². The molecule has 0 amide bonds.